The van der Waals surface area contributed by atoms with E-state index in [4.69, 9.17) is 9.47 Å². The number of halogens is 1. The summed E-state index contributed by atoms with van der Waals surface area (Å²) in [6.45, 7) is 0. The van der Waals surface area contributed by atoms with Crippen LogP contribution in [-0.4, -0.2) is 14.2 Å². The summed E-state index contributed by atoms with van der Waals surface area (Å²) in [6, 6.07) is 20.9. The summed E-state index contributed by atoms with van der Waals surface area (Å²) in [5.74, 6) is 0.977. The molecule has 0 spiro atoms. The van der Waals surface area contributed by atoms with Gasteiger partial charge in [0.05, 0.1) is 14.2 Å². The Balaban J connectivity index is 2.07. The monoisotopic (exact) mass is 364 g/mol. The lowest BCUT2D eigenvalue weighted by Crippen LogP contribution is -1.89. The highest BCUT2D eigenvalue weighted by Gasteiger charge is 2.19. The molecule has 3 aromatic carbocycles. The van der Waals surface area contributed by atoms with Gasteiger partial charge in [0.25, 0.3) is 0 Å². The first-order chi connectivity index (χ1) is 12.7. The van der Waals surface area contributed by atoms with Crippen LogP contribution in [0.15, 0.2) is 66.7 Å². The van der Waals surface area contributed by atoms with Crippen molar-refractivity contribution in [3.63, 3.8) is 0 Å². The third-order valence-electron chi connectivity index (χ3n) is 4.34. The molecule has 1 heterocycles. The van der Waals surface area contributed by atoms with Crippen molar-refractivity contribution in [1.82, 2.24) is 0 Å². The molecule has 0 amide bonds. The van der Waals surface area contributed by atoms with Gasteiger partial charge < -0.3 is 9.47 Å². The molecule has 0 saturated carbocycles. The summed E-state index contributed by atoms with van der Waals surface area (Å²) < 4.78 is 26.2. The summed E-state index contributed by atoms with van der Waals surface area (Å²) in [7, 11) is 3.21. The Labute approximate surface area is 155 Å². The summed E-state index contributed by atoms with van der Waals surface area (Å²) >= 11 is 1.68. The summed E-state index contributed by atoms with van der Waals surface area (Å²) in [6.07, 6.45) is 0. The molecule has 0 aliphatic heterocycles. The van der Waals surface area contributed by atoms with E-state index in [0.717, 1.165) is 37.4 Å². The summed E-state index contributed by atoms with van der Waals surface area (Å²) in [5.41, 5.74) is 2.78. The number of hydrogen-bond donors (Lipinski definition) is 0. The van der Waals surface area contributed by atoms with Gasteiger partial charge in [-0.15, -0.1) is 11.3 Å². The van der Waals surface area contributed by atoms with Crippen molar-refractivity contribution in [2.45, 2.75) is 0 Å². The minimum atomic E-state index is -0.319. The lowest BCUT2D eigenvalue weighted by molar-refractivity contribution is 0.411. The van der Waals surface area contributed by atoms with E-state index in [0.29, 0.717) is 5.75 Å². The van der Waals surface area contributed by atoms with E-state index in [-0.39, 0.29) is 5.82 Å². The normalized spacial score (nSPS) is 10.9. The highest BCUT2D eigenvalue weighted by Crippen LogP contribution is 2.47. The SMILES string of the molecule is COc1cc(F)cc(-c2c(-c3ccccc3OC)sc3ccccc23)c1. The first-order valence-electron chi connectivity index (χ1n) is 8.21. The van der Waals surface area contributed by atoms with Crippen molar-refractivity contribution >= 4 is 21.4 Å². The van der Waals surface area contributed by atoms with E-state index in [1.807, 2.05) is 42.5 Å². The van der Waals surface area contributed by atoms with E-state index >= 15 is 0 Å². The van der Waals surface area contributed by atoms with Gasteiger partial charge in [0.1, 0.15) is 17.3 Å². The van der Waals surface area contributed by atoms with E-state index < -0.39 is 0 Å². The van der Waals surface area contributed by atoms with Crippen molar-refractivity contribution in [2.75, 3.05) is 14.2 Å². The fourth-order valence-electron chi connectivity index (χ4n) is 3.18. The van der Waals surface area contributed by atoms with E-state index in [9.17, 15) is 4.39 Å². The molecule has 1 aromatic heterocycles. The lowest BCUT2D eigenvalue weighted by atomic mass is 9.98. The van der Waals surface area contributed by atoms with Gasteiger partial charge in [0.15, 0.2) is 0 Å². The molecule has 0 radical (unpaired) electrons. The first kappa shape index (κ1) is 16.6. The summed E-state index contributed by atoms with van der Waals surface area (Å²) in [4.78, 5) is 1.05. The molecule has 0 fully saturated rings. The average molecular weight is 364 g/mol. The standard InChI is InChI=1S/C22H17FO2S/c1-24-16-12-14(11-15(23)13-16)21-18-8-4-6-10-20(18)26-22(21)17-7-3-5-9-19(17)25-2/h3-13H,1-2H3. The lowest BCUT2D eigenvalue weighted by Gasteiger charge is -2.11. The van der Waals surface area contributed by atoms with Crippen LogP contribution in [0.3, 0.4) is 0 Å². The van der Waals surface area contributed by atoms with Crippen LogP contribution in [0.4, 0.5) is 4.39 Å². The second-order valence-corrected chi connectivity index (χ2v) is 6.93. The molecule has 0 bridgehead atoms. The van der Waals surface area contributed by atoms with Crippen LogP contribution < -0.4 is 9.47 Å². The molecule has 0 aliphatic carbocycles. The van der Waals surface area contributed by atoms with Crippen LogP contribution >= 0.6 is 11.3 Å². The van der Waals surface area contributed by atoms with Crippen molar-refractivity contribution in [3.05, 3.63) is 72.5 Å². The van der Waals surface area contributed by atoms with Gasteiger partial charge in [-0.05, 0) is 35.9 Å². The van der Waals surface area contributed by atoms with Gasteiger partial charge in [-0.3, -0.25) is 0 Å². The molecule has 0 unspecified atom stereocenters. The molecule has 4 aromatic rings. The molecule has 4 rings (SSSR count). The zero-order valence-electron chi connectivity index (χ0n) is 14.5. The Morgan fingerprint density at radius 1 is 0.846 bits per heavy atom. The van der Waals surface area contributed by atoms with Gasteiger partial charge in [-0.1, -0.05) is 30.3 Å². The van der Waals surface area contributed by atoms with Gasteiger partial charge in [0.2, 0.25) is 0 Å². The quantitative estimate of drug-likeness (QED) is 0.418. The minimum absolute atomic E-state index is 0.319. The number of methoxy groups -OCH3 is 2. The fraction of sp³-hybridized carbons (Fsp3) is 0.0909. The van der Waals surface area contributed by atoms with Gasteiger partial charge in [0, 0.05) is 32.2 Å². The van der Waals surface area contributed by atoms with Crippen LogP contribution in [0.1, 0.15) is 0 Å². The van der Waals surface area contributed by atoms with E-state index in [1.165, 1.54) is 6.07 Å². The second kappa shape index (κ2) is 6.81. The minimum Gasteiger partial charge on any atom is -0.497 e. The number of ether oxygens (including phenoxy) is 2. The van der Waals surface area contributed by atoms with Crippen LogP contribution in [0.5, 0.6) is 11.5 Å². The van der Waals surface area contributed by atoms with Crippen LogP contribution in [0.25, 0.3) is 31.7 Å². The second-order valence-electron chi connectivity index (χ2n) is 5.88. The van der Waals surface area contributed by atoms with Crippen molar-refractivity contribution in [3.8, 4) is 33.1 Å². The molecule has 26 heavy (non-hydrogen) atoms. The van der Waals surface area contributed by atoms with Crippen molar-refractivity contribution < 1.29 is 13.9 Å². The zero-order chi connectivity index (χ0) is 18.1. The predicted molar refractivity (Wildman–Crippen MR) is 106 cm³/mol. The Kier molecular flexibility index (Phi) is 4.35. The molecule has 0 N–H and O–H groups in total. The fourth-order valence-corrected chi connectivity index (χ4v) is 4.43. The first-order valence-corrected chi connectivity index (χ1v) is 9.03. The predicted octanol–water partition coefficient (Wildman–Crippen LogP) is 6.39. The number of rotatable bonds is 4. The number of fused-ring (bicyclic) bond motifs is 1. The highest BCUT2D eigenvalue weighted by molar-refractivity contribution is 7.23. The van der Waals surface area contributed by atoms with Crippen LogP contribution in [-0.2, 0) is 0 Å². The molecule has 2 nitrogen and oxygen atoms in total. The number of para-hydroxylation sites is 1. The topological polar surface area (TPSA) is 18.5 Å². The third-order valence-corrected chi connectivity index (χ3v) is 5.55. The Morgan fingerprint density at radius 3 is 2.42 bits per heavy atom. The summed E-state index contributed by atoms with van der Waals surface area (Å²) in [5, 5.41) is 1.09. The smallest absolute Gasteiger partial charge is 0.127 e. The van der Waals surface area contributed by atoms with Crippen molar-refractivity contribution in [1.29, 1.82) is 0 Å². The largest absolute Gasteiger partial charge is 0.497 e. The number of benzene rings is 3. The Bertz CT molecular complexity index is 1080. The third kappa shape index (κ3) is 2.82. The molecule has 130 valence electrons. The van der Waals surface area contributed by atoms with Crippen molar-refractivity contribution in [2.24, 2.45) is 0 Å². The van der Waals surface area contributed by atoms with Crippen LogP contribution in [0.2, 0.25) is 0 Å². The molecular formula is C22H17FO2S. The van der Waals surface area contributed by atoms with Gasteiger partial charge >= 0.3 is 0 Å². The molecule has 0 aliphatic rings. The average Bonchev–Trinajstić information content (AvgIpc) is 3.06. The van der Waals surface area contributed by atoms with Crippen LogP contribution in [0, 0.1) is 5.82 Å². The molecule has 0 atom stereocenters. The van der Waals surface area contributed by atoms with E-state index in [2.05, 4.69) is 12.1 Å². The van der Waals surface area contributed by atoms with Gasteiger partial charge in [-0.25, -0.2) is 4.39 Å². The molecule has 4 heteroatoms. The Morgan fingerprint density at radius 2 is 1.62 bits per heavy atom. The van der Waals surface area contributed by atoms with E-state index in [1.54, 1.807) is 31.6 Å². The molecule has 0 saturated heterocycles. The highest BCUT2D eigenvalue weighted by atomic mass is 32.1. The maximum Gasteiger partial charge on any atom is 0.127 e. The number of hydrogen-bond acceptors (Lipinski definition) is 3. The number of thiophene rings is 1. The van der Waals surface area contributed by atoms with Gasteiger partial charge in [-0.2, -0.15) is 0 Å². The zero-order valence-corrected chi connectivity index (χ0v) is 15.3. The maximum absolute atomic E-state index is 14.2. The maximum atomic E-state index is 14.2. The molecular weight excluding hydrogens is 347 g/mol. The Hall–Kier alpha value is -2.85.